The maximum atomic E-state index is 11.5. The molecule has 2 N–H and O–H groups in total. The van der Waals surface area contributed by atoms with E-state index in [1.165, 1.54) is 5.56 Å². The molecule has 0 spiro atoms. The van der Waals surface area contributed by atoms with Gasteiger partial charge >= 0.3 is 6.09 Å². The molecule has 5 nitrogen and oxygen atoms in total. The fourth-order valence-corrected chi connectivity index (χ4v) is 1.49. The lowest BCUT2D eigenvalue weighted by Crippen LogP contribution is -2.42. The van der Waals surface area contributed by atoms with Crippen molar-refractivity contribution in [2.75, 3.05) is 6.54 Å². The third-order valence-corrected chi connectivity index (χ3v) is 2.29. The molecule has 1 aromatic heterocycles. The summed E-state index contributed by atoms with van der Waals surface area (Å²) in [6.45, 7) is 8.91. The zero-order valence-corrected chi connectivity index (χ0v) is 12.1. The van der Waals surface area contributed by atoms with Crippen molar-refractivity contribution < 1.29 is 9.53 Å². The Hall–Kier alpha value is -1.62. The van der Waals surface area contributed by atoms with E-state index in [-0.39, 0.29) is 12.1 Å². The highest BCUT2D eigenvalue weighted by molar-refractivity contribution is 5.68. The van der Waals surface area contributed by atoms with Crippen LogP contribution >= 0.6 is 0 Å². The number of carbonyl (C=O) groups excluding carboxylic acids is 1. The number of hydrogen-bond donors (Lipinski definition) is 2. The summed E-state index contributed by atoms with van der Waals surface area (Å²) in [4.78, 5) is 15.5. The average molecular weight is 265 g/mol. The molecule has 1 aromatic rings. The van der Waals surface area contributed by atoms with Crippen LogP contribution in [0.25, 0.3) is 0 Å². The van der Waals surface area contributed by atoms with Crippen LogP contribution in [0.5, 0.6) is 0 Å². The van der Waals surface area contributed by atoms with E-state index in [1.807, 2.05) is 39.8 Å². The first-order chi connectivity index (χ1) is 8.87. The van der Waals surface area contributed by atoms with Crippen LogP contribution in [0.4, 0.5) is 4.79 Å². The van der Waals surface area contributed by atoms with Crippen LogP contribution in [0, 0.1) is 0 Å². The van der Waals surface area contributed by atoms with Crippen molar-refractivity contribution in [3.05, 3.63) is 30.1 Å². The van der Waals surface area contributed by atoms with Gasteiger partial charge in [-0.05, 0) is 45.4 Å². The van der Waals surface area contributed by atoms with Gasteiger partial charge in [0, 0.05) is 31.5 Å². The van der Waals surface area contributed by atoms with Crippen molar-refractivity contribution in [2.45, 2.75) is 45.9 Å². The third kappa shape index (κ3) is 7.41. The highest BCUT2D eigenvalue weighted by Gasteiger charge is 2.17. The Bertz CT molecular complexity index is 387. The molecule has 0 aliphatic carbocycles. The molecule has 0 aromatic carbocycles. The normalized spacial score (nSPS) is 12.8. The summed E-state index contributed by atoms with van der Waals surface area (Å²) in [6.07, 6.45) is 3.14. The number of amides is 1. The van der Waals surface area contributed by atoms with Crippen molar-refractivity contribution >= 4 is 6.09 Å². The van der Waals surface area contributed by atoms with E-state index in [9.17, 15) is 4.79 Å². The quantitative estimate of drug-likeness (QED) is 0.855. The smallest absolute Gasteiger partial charge is 0.407 e. The fourth-order valence-electron chi connectivity index (χ4n) is 1.49. The summed E-state index contributed by atoms with van der Waals surface area (Å²) in [5.41, 5.74) is 0.702. The number of nitrogens with zero attached hydrogens (tertiary/aromatic N) is 1. The number of pyridine rings is 1. The zero-order chi connectivity index (χ0) is 14.3. The van der Waals surface area contributed by atoms with Crippen molar-refractivity contribution in [3.8, 4) is 0 Å². The van der Waals surface area contributed by atoms with Crippen LogP contribution in [-0.4, -0.2) is 29.3 Å². The summed E-state index contributed by atoms with van der Waals surface area (Å²) in [5, 5.41) is 6.06. The van der Waals surface area contributed by atoms with E-state index in [1.54, 1.807) is 12.4 Å². The van der Waals surface area contributed by atoms with Gasteiger partial charge in [-0.3, -0.25) is 4.98 Å². The fraction of sp³-hybridized carbons (Fsp3) is 0.571. The second kappa shape index (κ2) is 7.09. The second-order valence-electron chi connectivity index (χ2n) is 5.53. The van der Waals surface area contributed by atoms with Gasteiger partial charge < -0.3 is 15.4 Å². The van der Waals surface area contributed by atoms with Gasteiger partial charge in [-0.2, -0.15) is 0 Å². The summed E-state index contributed by atoms with van der Waals surface area (Å²) in [5.74, 6) is 0. The minimum absolute atomic E-state index is 0.0108. The van der Waals surface area contributed by atoms with E-state index in [4.69, 9.17) is 4.74 Å². The zero-order valence-electron chi connectivity index (χ0n) is 12.1. The molecule has 0 radical (unpaired) electrons. The average Bonchev–Trinajstić information content (AvgIpc) is 2.27. The van der Waals surface area contributed by atoms with Crippen LogP contribution in [0.3, 0.4) is 0 Å². The van der Waals surface area contributed by atoms with E-state index in [0.29, 0.717) is 6.54 Å². The predicted molar refractivity (Wildman–Crippen MR) is 74.8 cm³/mol. The molecular weight excluding hydrogens is 242 g/mol. The Morgan fingerprint density at radius 2 is 2.00 bits per heavy atom. The van der Waals surface area contributed by atoms with Gasteiger partial charge in [-0.15, -0.1) is 0 Å². The molecule has 5 heteroatoms. The SMILES string of the molecule is CC(CNCc1ccncc1)NC(=O)OC(C)(C)C. The Balaban J connectivity index is 2.21. The van der Waals surface area contributed by atoms with Gasteiger partial charge in [0.25, 0.3) is 0 Å². The molecular formula is C14H23N3O2. The molecule has 0 bridgehead atoms. The first-order valence-electron chi connectivity index (χ1n) is 6.46. The number of alkyl carbamates (subject to hydrolysis) is 1. The van der Waals surface area contributed by atoms with E-state index < -0.39 is 5.60 Å². The summed E-state index contributed by atoms with van der Waals surface area (Å²) in [7, 11) is 0. The Morgan fingerprint density at radius 3 is 2.58 bits per heavy atom. The van der Waals surface area contributed by atoms with Crippen LogP contribution in [-0.2, 0) is 11.3 Å². The van der Waals surface area contributed by atoms with Crippen molar-refractivity contribution in [1.29, 1.82) is 0 Å². The molecule has 0 aliphatic heterocycles. The van der Waals surface area contributed by atoms with E-state index in [0.717, 1.165) is 6.54 Å². The van der Waals surface area contributed by atoms with Gasteiger partial charge in [-0.1, -0.05) is 0 Å². The molecule has 1 heterocycles. The van der Waals surface area contributed by atoms with Crippen LogP contribution < -0.4 is 10.6 Å². The van der Waals surface area contributed by atoms with E-state index in [2.05, 4.69) is 15.6 Å². The number of rotatable bonds is 5. The van der Waals surface area contributed by atoms with Crippen LogP contribution in [0.2, 0.25) is 0 Å². The number of hydrogen-bond acceptors (Lipinski definition) is 4. The highest BCUT2D eigenvalue weighted by Crippen LogP contribution is 2.06. The van der Waals surface area contributed by atoms with Gasteiger partial charge in [0.15, 0.2) is 0 Å². The standard InChI is InChI=1S/C14H23N3O2/c1-11(17-13(18)19-14(2,3)4)9-16-10-12-5-7-15-8-6-12/h5-8,11,16H,9-10H2,1-4H3,(H,17,18). The highest BCUT2D eigenvalue weighted by atomic mass is 16.6. The van der Waals surface area contributed by atoms with Gasteiger partial charge in [0.2, 0.25) is 0 Å². The van der Waals surface area contributed by atoms with Gasteiger partial charge in [0.1, 0.15) is 5.60 Å². The predicted octanol–water partition coefficient (Wildman–Crippen LogP) is 2.08. The number of nitrogens with one attached hydrogen (secondary N) is 2. The molecule has 0 aliphatic rings. The maximum Gasteiger partial charge on any atom is 0.407 e. The van der Waals surface area contributed by atoms with Crippen molar-refractivity contribution in [2.24, 2.45) is 0 Å². The second-order valence-corrected chi connectivity index (χ2v) is 5.53. The van der Waals surface area contributed by atoms with Crippen molar-refractivity contribution in [3.63, 3.8) is 0 Å². The van der Waals surface area contributed by atoms with Gasteiger partial charge in [0.05, 0.1) is 0 Å². The number of aromatic nitrogens is 1. The maximum absolute atomic E-state index is 11.5. The lowest BCUT2D eigenvalue weighted by molar-refractivity contribution is 0.0508. The molecule has 1 amide bonds. The number of carbonyl (C=O) groups is 1. The molecule has 19 heavy (non-hydrogen) atoms. The van der Waals surface area contributed by atoms with Crippen molar-refractivity contribution in [1.82, 2.24) is 15.6 Å². The lowest BCUT2D eigenvalue weighted by atomic mass is 10.2. The molecule has 0 saturated heterocycles. The Labute approximate surface area is 114 Å². The summed E-state index contributed by atoms with van der Waals surface area (Å²) < 4.78 is 5.19. The largest absolute Gasteiger partial charge is 0.444 e. The molecule has 1 unspecified atom stereocenters. The topological polar surface area (TPSA) is 63.2 Å². The van der Waals surface area contributed by atoms with Crippen LogP contribution in [0.15, 0.2) is 24.5 Å². The minimum atomic E-state index is -0.464. The number of ether oxygens (including phenoxy) is 1. The Kier molecular flexibility index (Phi) is 5.76. The first kappa shape index (κ1) is 15.4. The first-order valence-corrected chi connectivity index (χ1v) is 6.46. The van der Waals surface area contributed by atoms with Crippen LogP contribution in [0.1, 0.15) is 33.3 Å². The molecule has 106 valence electrons. The molecule has 0 fully saturated rings. The molecule has 1 rings (SSSR count). The van der Waals surface area contributed by atoms with E-state index >= 15 is 0 Å². The summed E-state index contributed by atoms with van der Waals surface area (Å²) in [6, 6.07) is 3.93. The summed E-state index contributed by atoms with van der Waals surface area (Å²) >= 11 is 0. The lowest BCUT2D eigenvalue weighted by Gasteiger charge is -2.22. The third-order valence-electron chi connectivity index (χ3n) is 2.29. The molecule has 1 atom stereocenters. The minimum Gasteiger partial charge on any atom is -0.444 e. The monoisotopic (exact) mass is 265 g/mol. The van der Waals surface area contributed by atoms with Gasteiger partial charge in [-0.25, -0.2) is 4.79 Å². The molecule has 0 saturated carbocycles. The Morgan fingerprint density at radius 1 is 1.37 bits per heavy atom.